The molecule has 1 fully saturated rings. The van der Waals surface area contributed by atoms with Crippen LogP contribution >= 0.6 is 0 Å². The van der Waals surface area contributed by atoms with E-state index in [1.54, 1.807) is 19.2 Å². The Labute approximate surface area is 224 Å². The molecule has 0 spiro atoms. The topological polar surface area (TPSA) is 54.8 Å². The van der Waals surface area contributed by atoms with Crippen molar-refractivity contribution < 1.29 is 14.6 Å². The number of nitrogens with zero attached hydrogens (tertiary/aromatic N) is 2. The van der Waals surface area contributed by atoms with Crippen LogP contribution in [-0.2, 0) is 10.3 Å². The van der Waals surface area contributed by atoms with E-state index in [4.69, 9.17) is 22.3 Å². The number of ether oxygens (including phenoxy) is 2. The second kappa shape index (κ2) is 9.78. The molecule has 2 unspecified atom stereocenters. The van der Waals surface area contributed by atoms with Gasteiger partial charge in [-0.2, -0.15) is 0 Å². The second-order valence-corrected chi connectivity index (χ2v) is 10.1. The van der Waals surface area contributed by atoms with Gasteiger partial charge in [0.2, 0.25) is 5.88 Å². The molecule has 0 saturated carbocycles. The standard InChI is InChI=1S/C32H29BN2O3/c1-35-17-16-32(38-20-35,28-9-5-7-21-6-3-4-8-26(21)28)30(22-10-13-25(36)14-11-22)27-19-23-18-24(33)12-15-29(23)34-31(27)37-2/h3-15,18-19,30,36H,16-17,20H2,1-2H3. The smallest absolute Gasteiger partial charge is 0.217 e. The maximum absolute atomic E-state index is 10.2. The Bertz CT molecular complexity index is 1610. The van der Waals surface area contributed by atoms with Gasteiger partial charge in [-0.1, -0.05) is 72.2 Å². The third-order valence-corrected chi connectivity index (χ3v) is 7.68. The molecule has 0 bridgehead atoms. The fraction of sp³-hybridized carbons (Fsp3) is 0.219. The minimum absolute atomic E-state index is 0.215. The number of hydrogen-bond acceptors (Lipinski definition) is 5. The predicted molar refractivity (Wildman–Crippen MR) is 152 cm³/mol. The number of benzene rings is 4. The van der Waals surface area contributed by atoms with Crippen molar-refractivity contribution in [3.8, 4) is 11.6 Å². The van der Waals surface area contributed by atoms with Crippen molar-refractivity contribution in [3.63, 3.8) is 0 Å². The highest BCUT2D eigenvalue weighted by Gasteiger charge is 2.47. The van der Waals surface area contributed by atoms with Crippen molar-refractivity contribution in [1.29, 1.82) is 0 Å². The third-order valence-electron chi connectivity index (χ3n) is 7.68. The highest BCUT2D eigenvalue weighted by molar-refractivity contribution is 6.33. The average molecular weight is 500 g/mol. The van der Waals surface area contributed by atoms with E-state index in [0.717, 1.165) is 51.3 Å². The van der Waals surface area contributed by atoms with Crippen LogP contribution in [-0.4, -0.2) is 50.3 Å². The van der Waals surface area contributed by atoms with Gasteiger partial charge in [-0.15, -0.1) is 0 Å². The quantitative estimate of drug-likeness (QED) is 0.335. The van der Waals surface area contributed by atoms with Crippen LogP contribution in [0.2, 0.25) is 0 Å². The van der Waals surface area contributed by atoms with Crippen molar-refractivity contribution in [1.82, 2.24) is 9.88 Å². The summed E-state index contributed by atoms with van der Waals surface area (Å²) in [7, 11) is 9.90. The van der Waals surface area contributed by atoms with Gasteiger partial charge < -0.3 is 14.6 Å². The molecule has 188 valence electrons. The minimum Gasteiger partial charge on any atom is -0.508 e. The van der Waals surface area contributed by atoms with E-state index >= 15 is 0 Å². The summed E-state index contributed by atoms with van der Waals surface area (Å²) >= 11 is 0. The first-order valence-corrected chi connectivity index (χ1v) is 12.8. The number of hydrogen-bond donors (Lipinski definition) is 1. The van der Waals surface area contributed by atoms with Crippen molar-refractivity contribution in [3.05, 3.63) is 108 Å². The molecule has 38 heavy (non-hydrogen) atoms. The molecule has 1 aliphatic heterocycles. The lowest BCUT2D eigenvalue weighted by molar-refractivity contribution is -0.145. The normalized spacial score (nSPS) is 19.0. The summed E-state index contributed by atoms with van der Waals surface area (Å²) in [6.07, 6.45) is 0.751. The number of methoxy groups -OCH3 is 1. The van der Waals surface area contributed by atoms with Crippen molar-refractivity contribution >= 4 is 35.0 Å². The maximum atomic E-state index is 10.2. The first-order valence-electron chi connectivity index (χ1n) is 12.8. The maximum Gasteiger partial charge on any atom is 0.217 e. The van der Waals surface area contributed by atoms with E-state index in [0.29, 0.717) is 18.1 Å². The third kappa shape index (κ3) is 4.20. The zero-order chi connectivity index (χ0) is 26.3. The number of rotatable bonds is 5. The summed E-state index contributed by atoms with van der Waals surface area (Å²) in [5.41, 5.74) is 3.80. The van der Waals surface area contributed by atoms with Gasteiger partial charge in [0.25, 0.3) is 0 Å². The molecule has 2 heterocycles. The van der Waals surface area contributed by atoms with Crippen LogP contribution in [0, 0.1) is 0 Å². The molecule has 1 N–H and O–H groups in total. The second-order valence-electron chi connectivity index (χ2n) is 10.1. The van der Waals surface area contributed by atoms with Gasteiger partial charge >= 0.3 is 0 Å². The summed E-state index contributed by atoms with van der Waals surface area (Å²) < 4.78 is 12.9. The van der Waals surface area contributed by atoms with E-state index in [9.17, 15) is 5.11 Å². The highest BCUT2D eigenvalue weighted by Crippen LogP contribution is 2.52. The summed E-state index contributed by atoms with van der Waals surface area (Å²) in [6, 6.07) is 30.1. The Morgan fingerprint density at radius 3 is 2.53 bits per heavy atom. The van der Waals surface area contributed by atoms with Gasteiger partial charge in [-0.3, -0.25) is 4.90 Å². The van der Waals surface area contributed by atoms with Crippen LogP contribution in [0.3, 0.4) is 0 Å². The number of pyridine rings is 1. The molecule has 1 aliphatic rings. The molecule has 5 nitrogen and oxygen atoms in total. The van der Waals surface area contributed by atoms with Crippen LogP contribution in [0.15, 0.2) is 91.0 Å². The number of aromatic hydroxyl groups is 1. The molecule has 1 saturated heterocycles. The minimum atomic E-state index is -0.729. The summed E-state index contributed by atoms with van der Waals surface area (Å²) in [5, 5.41) is 13.4. The molecule has 2 radical (unpaired) electrons. The Morgan fingerprint density at radius 1 is 0.974 bits per heavy atom. The van der Waals surface area contributed by atoms with E-state index in [-0.39, 0.29) is 11.7 Å². The summed E-state index contributed by atoms with van der Waals surface area (Å²) in [5.74, 6) is 0.478. The molecule has 2 atom stereocenters. The average Bonchev–Trinajstić information content (AvgIpc) is 2.94. The van der Waals surface area contributed by atoms with Gasteiger partial charge in [0.05, 0.1) is 12.6 Å². The van der Waals surface area contributed by atoms with E-state index < -0.39 is 5.60 Å². The highest BCUT2D eigenvalue weighted by atomic mass is 16.5. The fourth-order valence-corrected chi connectivity index (χ4v) is 5.84. The SMILES string of the molecule is [B]c1ccc2nc(OC)c(C(c3ccc(O)cc3)C3(c4cccc5ccccc45)CCN(C)CO3)cc2c1. The Hall–Kier alpha value is -3.87. The molecule has 6 heteroatoms. The largest absolute Gasteiger partial charge is 0.508 e. The Kier molecular flexibility index (Phi) is 6.30. The van der Waals surface area contributed by atoms with Crippen LogP contribution in [0.4, 0.5) is 0 Å². The predicted octanol–water partition coefficient (Wildman–Crippen LogP) is 5.23. The van der Waals surface area contributed by atoms with Crippen LogP contribution in [0.25, 0.3) is 21.7 Å². The first-order chi connectivity index (χ1) is 18.5. The molecule has 5 aromatic rings. The molecule has 0 aliphatic carbocycles. The lowest BCUT2D eigenvalue weighted by Crippen LogP contribution is -2.47. The zero-order valence-corrected chi connectivity index (χ0v) is 21.6. The molecular formula is C32H29BN2O3. The van der Waals surface area contributed by atoms with Crippen LogP contribution in [0.1, 0.15) is 29.0 Å². The van der Waals surface area contributed by atoms with E-state index in [1.807, 2.05) is 30.3 Å². The molecule has 0 amide bonds. The Balaban J connectivity index is 1.69. The fourth-order valence-electron chi connectivity index (χ4n) is 5.84. The van der Waals surface area contributed by atoms with E-state index in [1.165, 1.54) is 0 Å². The van der Waals surface area contributed by atoms with Crippen molar-refractivity contribution in [2.45, 2.75) is 17.9 Å². The summed E-state index contributed by atoms with van der Waals surface area (Å²) in [6.45, 7) is 1.34. The van der Waals surface area contributed by atoms with Gasteiger partial charge in [0, 0.05) is 23.4 Å². The zero-order valence-electron chi connectivity index (χ0n) is 21.6. The lowest BCUT2D eigenvalue weighted by Gasteiger charge is -2.47. The molecule has 1 aromatic heterocycles. The molecule has 6 rings (SSSR count). The first kappa shape index (κ1) is 24.5. The van der Waals surface area contributed by atoms with E-state index in [2.05, 4.69) is 60.5 Å². The van der Waals surface area contributed by atoms with Gasteiger partial charge in [-0.25, -0.2) is 4.98 Å². The van der Waals surface area contributed by atoms with Crippen molar-refractivity contribution in [2.24, 2.45) is 0 Å². The number of phenols is 1. The number of phenolic OH excluding ortho intramolecular Hbond substituents is 1. The van der Waals surface area contributed by atoms with Gasteiger partial charge in [0.1, 0.15) is 25.9 Å². The number of aromatic nitrogens is 1. The lowest BCUT2D eigenvalue weighted by atomic mass is 9.70. The van der Waals surface area contributed by atoms with Crippen LogP contribution < -0.4 is 10.2 Å². The van der Waals surface area contributed by atoms with Crippen LogP contribution in [0.5, 0.6) is 11.6 Å². The van der Waals surface area contributed by atoms with Crippen molar-refractivity contribution in [2.75, 3.05) is 27.4 Å². The number of fused-ring (bicyclic) bond motifs is 2. The van der Waals surface area contributed by atoms with Gasteiger partial charge in [0.15, 0.2) is 0 Å². The van der Waals surface area contributed by atoms with Gasteiger partial charge in [-0.05, 0) is 59.6 Å². The summed E-state index contributed by atoms with van der Waals surface area (Å²) in [4.78, 5) is 7.09. The molecular weight excluding hydrogens is 471 g/mol. The monoisotopic (exact) mass is 500 g/mol. The Morgan fingerprint density at radius 2 is 1.76 bits per heavy atom. The molecule has 4 aromatic carbocycles.